The van der Waals surface area contributed by atoms with Crippen LogP contribution in [-0.4, -0.2) is 56.1 Å². The number of nitrogens with zero attached hydrogens (tertiary/aromatic N) is 4. The van der Waals surface area contributed by atoms with Gasteiger partial charge in [0.15, 0.2) is 11.5 Å². The van der Waals surface area contributed by atoms with Crippen molar-refractivity contribution < 1.29 is 14.4 Å². The highest BCUT2D eigenvalue weighted by Crippen LogP contribution is 2.32. The van der Waals surface area contributed by atoms with Crippen LogP contribution < -0.4 is 5.32 Å². The highest BCUT2D eigenvalue weighted by molar-refractivity contribution is 5.92. The van der Waals surface area contributed by atoms with Gasteiger partial charge in [0.05, 0.1) is 30.9 Å². The zero-order valence-corrected chi connectivity index (χ0v) is 14.3. The summed E-state index contributed by atoms with van der Waals surface area (Å²) in [5.41, 5.74) is 1.30. The van der Waals surface area contributed by atoms with Gasteiger partial charge in [-0.2, -0.15) is 5.10 Å². The highest BCUT2D eigenvalue weighted by Gasteiger charge is 2.43. The van der Waals surface area contributed by atoms with Crippen molar-refractivity contribution in [2.24, 2.45) is 0 Å². The Morgan fingerprint density at radius 3 is 2.92 bits per heavy atom. The fourth-order valence-electron chi connectivity index (χ4n) is 3.61. The minimum Gasteiger partial charge on any atom is -0.391 e. The first-order chi connectivity index (χ1) is 12.1. The number of carbonyl (C=O) groups is 1. The Morgan fingerprint density at radius 1 is 1.44 bits per heavy atom. The third-order valence-electron chi connectivity index (χ3n) is 5.02. The summed E-state index contributed by atoms with van der Waals surface area (Å²) in [6.07, 6.45) is 6.03. The molecule has 1 amide bonds. The fraction of sp³-hybridized carbons (Fsp3) is 0.588. The van der Waals surface area contributed by atoms with Crippen LogP contribution in [0.4, 0.5) is 0 Å². The number of hydrogen-bond donors (Lipinski definition) is 2. The molecule has 2 aromatic rings. The van der Waals surface area contributed by atoms with Gasteiger partial charge in [0, 0.05) is 12.3 Å². The second kappa shape index (κ2) is 6.61. The Labute approximate surface area is 145 Å². The molecule has 0 radical (unpaired) electrons. The number of hydrogen-bond acceptors (Lipinski definition) is 6. The SMILES string of the molecule is Cc1cnn([C@H]2[C@H](O)C[C@@H]2NC(=O)c2cc(CN3CCCC3)on2)c1. The van der Waals surface area contributed by atoms with Crippen LogP contribution >= 0.6 is 0 Å². The molecule has 2 N–H and O–H groups in total. The first-order valence-electron chi connectivity index (χ1n) is 8.78. The van der Waals surface area contributed by atoms with Gasteiger partial charge >= 0.3 is 0 Å². The average molecular weight is 345 g/mol. The largest absolute Gasteiger partial charge is 0.391 e. The van der Waals surface area contributed by atoms with Gasteiger partial charge in [-0.1, -0.05) is 5.16 Å². The zero-order valence-electron chi connectivity index (χ0n) is 14.3. The summed E-state index contributed by atoms with van der Waals surface area (Å²) >= 11 is 0. The maximum Gasteiger partial charge on any atom is 0.273 e. The Balaban J connectivity index is 1.37. The monoisotopic (exact) mass is 345 g/mol. The number of carbonyl (C=O) groups excluding carboxylic acids is 1. The van der Waals surface area contributed by atoms with Crippen molar-refractivity contribution in [2.45, 2.75) is 50.9 Å². The minimum absolute atomic E-state index is 0.166. The van der Waals surface area contributed by atoms with E-state index in [0.717, 1.165) is 18.7 Å². The van der Waals surface area contributed by atoms with Crippen molar-refractivity contribution in [2.75, 3.05) is 13.1 Å². The van der Waals surface area contributed by atoms with E-state index in [4.69, 9.17) is 4.52 Å². The molecule has 1 aliphatic heterocycles. The first-order valence-corrected chi connectivity index (χ1v) is 8.78. The molecule has 25 heavy (non-hydrogen) atoms. The van der Waals surface area contributed by atoms with Gasteiger partial charge in [0.2, 0.25) is 0 Å². The molecule has 2 fully saturated rings. The van der Waals surface area contributed by atoms with Gasteiger partial charge in [-0.3, -0.25) is 14.4 Å². The summed E-state index contributed by atoms with van der Waals surface area (Å²) in [6, 6.07) is 1.30. The van der Waals surface area contributed by atoms with E-state index >= 15 is 0 Å². The van der Waals surface area contributed by atoms with Crippen molar-refractivity contribution in [1.82, 2.24) is 25.2 Å². The predicted octanol–water partition coefficient (Wildman–Crippen LogP) is 0.880. The molecule has 8 heteroatoms. The quantitative estimate of drug-likeness (QED) is 0.835. The van der Waals surface area contributed by atoms with Crippen LogP contribution in [0.1, 0.15) is 47.1 Å². The number of amides is 1. The standard InChI is InChI=1S/C17H23N5O3/c1-11-8-18-22(9-11)16-13(7-15(16)23)19-17(24)14-6-12(25-20-14)10-21-4-2-3-5-21/h6,8-9,13,15-16,23H,2-5,7,10H2,1H3,(H,19,24)/t13-,15+,16+/m0/s1. The maximum atomic E-state index is 12.4. The fourth-order valence-corrected chi connectivity index (χ4v) is 3.61. The summed E-state index contributed by atoms with van der Waals surface area (Å²) < 4.78 is 7.02. The number of aliphatic hydroxyl groups excluding tert-OH is 1. The van der Waals surface area contributed by atoms with Gasteiger partial charge in [-0.05, 0) is 44.8 Å². The maximum absolute atomic E-state index is 12.4. The molecule has 3 atom stereocenters. The van der Waals surface area contributed by atoms with E-state index in [0.29, 0.717) is 18.7 Å². The van der Waals surface area contributed by atoms with Gasteiger partial charge in [-0.25, -0.2) is 0 Å². The lowest BCUT2D eigenvalue weighted by Gasteiger charge is -2.41. The first kappa shape index (κ1) is 16.3. The topological polar surface area (TPSA) is 96.4 Å². The molecule has 2 aromatic heterocycles. The van der Waals surface area contributed by atoms with E-state index in [2.05, 4.69) is 20.5 Å². The van der Waals surface area contributed by atoms with Crippen molar-refractivity contribution in [3.8, 4) is 0 Å². The molecular weight excluding hydrogens is 322 g/mol. The number of aromatic nitrogens is 3. The lowest BCUT2D eigenvalue weighted by Crippen LogP contribution is -2.56. The van der Waals surface area contributed by atoms with E-state index in [1.807, 2.05) is 13.1 Å². The summed E-state index contributed by atoms with van der Waals surface area (Å²) in [7, 11) is 0. The van der Waals surface area contributed by atoms with Crippen molar-refractivity contribution in [3.05, 3.63) is 35.5 Å². The molecule has 1 saturated carbocycles. The molecule has 1 aliphatic carbocycles. The second-order valence-electron chi connectivity index (χ2n) is 7.03. The van der Waals surface area contributed by atoms with Crippen LogP contribution in [0, 0.1) is 6.92 Å². The van der Waals surface area contributed by atoms with Gasteiger partial charge < -0.3 is 14.9 Å². The number of aryl methyl sites for hydroxylation is 1. The molecule has 0 unspecified atom stereocenters. The van der Waals surface area contributed by atoms with Crippen molar-refractivity contribution in [3.63, 3.8) is 0 Å². The molecule has 3 heterocycles. The molecule has 4 rings (SSSR count). The molecular formula is C17H23N5O3. The smallest absolute Gasteiger partial charge is 0.273 e. The normalized spacial score (nSPS) is 26.6. The molecule has 0 spiro atoms. The number of nitrogens with one attached hydrogen (secondary N) is 1. The summed E-state index contributed by atoms with van der Waals surface area (Å²) in [5.74, 6) is 0.433. The van der Waals surface area contributed by atoms with E-state index in [1.165, 1.54) is 12.8 Å². The van der Waals surface area contributed by atoms with Gasteiger partial charge in [0.25, 0.3) is 5.91 Å². The molecule has 0 aromatic carbocycles. The third-order valence-corrected chi connectivity index (χ3v) is 5.02. The molecule has 8 nitrogen and oxygen atoms in total. The summed E-state index contributed by atoms with van der Waals surface area (Å²) in [5, 5.41) is 21.1. The lowest BCUT2D eigenvalue weighted by molar-refractivity contribution is -0.00601. The van der Waals surface area contributed by atoms with E-state index in [9.17, 15) is 9.90 Å². The van der Waals surface area contributed by atoms with Crippen molar-refractivity contribution in [1.29, 1.82) is 0 Å². The average Bonchev–Trinajstić information content (AvgIpc) is 3.30. The van der Waals surface area contributed by atoms with E-state index in [1.54, 1.807) is 16.9 Å². The third kappa shape index (κ3) is 3.32. The Morgan fingerprint density at radius 2 is 2.24 bits per heavy atom. The number of aliphatic hydroxyl groups is 1. The Hall–Kier alpha value is -2.19. The molecule has 2 aliphatic rings. The molecule has 0 bridgehead atoms. The zero-order chi connectivity index (χ0) is 17.4. The van der Waals surface area contributed by atoms with Crippen molar-refractivity contribution >= 4 is 5.91 Å². The van der Waals surface area contributed by atoms with Crippen LogP contribution in [0.3, 0.4) is 0 Å². The molecule has 134 valence electrons. The summed E-state index contributed by atoms with van der Waals surface area (Å²) in [6.45, 7) is 4.76. The number of likely N-dealkylation sites (tertiary alicyclic amines) is 1. The van der Waals surface area contributed by atoms with Crippen LogP contribution in [0.2, 0.25) is 0 Å². The molecule has 1 saturated heterocycles. The lowest BCUT2D eigenvalue weighted by atomic mass is 9.83. The van der Waals surface area contributed by atoms with Crippen LogP contribution in [0.15, 0.2) is 23.0 Å². The minimum atomic E-state index is -0.507. The summed E-state index contributed by atoms with van der Waals surface area (Å²) in [4.78, 5) is 14.7. The van der Waals surface area contributed by atoms with Gasteiger partial charge in [-0.15, -0.1) is 0 Å². The predicted molar refractivity (Wildman–Crippen MR) is 88.9 cm³/mol. The number of rotatable bonds is 5. The van der Waals surface area contributed by atoms with E-state index in [-0.39, 0.29) is 23.7 Å². The van der Waals surface area contributed by atoms with Crippen LogP contribution in [-0.2, 0) is 6.54 Å². The van der Waals surface area contributed by atoms with Gasteiger partial charge in [0.1, 0.15) is 0 Å². The second-order valence-corrected chi connectivity index (χ2v) is 7.03. The van der Waals surface area contributed by atoms with Crippen LogP contribution in [0.5, 0.6) is 0 Å². The van der Waals surface area contributed by atoms with Crippen LogP contribution in [0.25, 0.3) is 0 Å². The Kier molecular flexibility index (Phi) is 4.30. The van der Waals surface area contributed by atoms with E-state index < -0.39 is 6.10 Å². The highest BCUT2D eigenvalue weighted by atomic mass is 16.5. The Bertz CT molecular complexity index is 749.